The number of aromatic nitrogens is 2. The third-order valence-electron chi connectivity index (χ3n) is 3.04. The second-order valence-electron chi connectivity index (χ2n) is 4.36. The number of hydrogen-bond acceptors (Lipinski definition) is 5. The second kappa shape index (κ2) is 4.75. The number of furan rings is 1. The van der Waals surface area contributed by atoms with E-state index in [4.69, 9.17) is 4.42 Å². The van der Waals surface area contributed by atoms with E-state index in [-0.39, 0.29) is 18.0 Å². The zero-order valence-corrected chi connectivity index (χ0v) is 10.6. The van der Waals surface area contributed by atoms with Crippen molar-refractivity contribution in [1.82, 2.24) is 9.78 Å². The highest BCUT2D eigenvalue weighted by Gasteiger charge is 2.21. The van der Waals surface area contributed by atoms with Gasteiger partial charge in [-0.2, -0.15) is 5.10 Å². The Kier molecular flexibility index (Phi) is 2.90. The van der Waals surface area contributed by atoms with E-state index in [2.05, 4.69) is 5.10 Å². The van der Waals surface area contributed by atoms with Gasteiger partial charge in [0, 0.05) is 10.9 Å². The molecule has 106 valence electrons. The van der Waals surface area contributed by atoms with E-state index in [0.717, 1.165) is 6.20 Å². The first-order chi connectivity index (χ1) is 10.1. The Hall–Kier alpha value is -3.16. The van der Waals surface area contributed by atoms with E-state index in [1.165, 1.54) is 10.9 Å². The lowest BCUT2D eigenvalue weighted by Gasteiger charge is -2.00. The second-order valence-corrected chi connectivity index (χ2v) is 4.36. The molecule has 0 radical (unpaired) electrons. The molecule has 0 unspecified atom stereocenters. The fraction of sp³-hybridized carbons (Fsp3) is 0.0769. The topological polar surface area (TPSA) is 111 Å². The number of rotatable bonds is 4. The summed E-state index contributed by atoms with van der Waals surface area (Å²) >= 11 is 0. The number of nitro groups is 1. The molecule has 2 heterocycles. The average Bonchev–Trinajstić information content (AvgIpc) is 3.05. The molecule has 0 aliphatic carbocycles. The van der Waals surface area contributed by atoms with Crippen molar-refractivity contribution in [1.29, 1.82) is 0 Å². The molecule has 0 spiro atoms. The summed E-state index contributed by atoms with van der Waals surface area (Å²) < 4.78 is 6.62. The molecule has 1 N–H and O–H groups in total. The largest absolute Gasteiger partial charge is 0.475 e. The minimum absolute atomic E-state index is 0.0759. The number of aromatic carboxylic acids is 1. The van der Waals surface area contributed by atoms with Crippen LogP contribution < -0.4 is 0 Å². The summed E-state index contributed by atoms with van der Waals surface area (Å²) in [6.45, 7) is 0.0759. The van der Waals surface area contributed by atoms with Gasteiger partial charge in [0.25, 0.3) is 0 Å². The van der Waals surface area contributed by atoms with Crippen molar-refractivity contribution >= 4 is 22.6 Å². The van der Waals surface area contributed by atoms with Crippen molar-refractivity contribution in [3.05, 3.63) is 58.1 Å². The normalized spacial score (nSPS) is 10.9. The third-order valence-corrected chi connectivity index (χ3v) is 3.04. The van der Waals surface area contributed by atoms with Gasteiger partial charge < -0.3 is 9.52 Å². The Morgan fingerprint density at radius 2 is 2.19 bits per heavy atom. The predicted octanol–water partition coefficient (Wildman–Crippen LogP) is 2.28. The quantitative estimate of drug-likeness (QED) is 0.582. The fourth-order valence-electron chi connectivity index (χ4n) is 2.12. The fourth-order valence-corrected chi connectivity index (χ4v) is 2.12. The van der Waals surface area contributed by atoms with Crippen LogP contribution in [0.15, 0.2) is 41.1 Å². The van der Waals surface area contributed by atoms with Crippen molar-refractivity contribution in [3.8, 4) is 0 Å². The van der Waals surface area contributed by atoms with Crippen LogP contribution in [0.3, 0.4) is 0 Å². The van der Waals surface area contributed by atoms with E-state index in [0.29, 0.717) is 16.5 Å². The SMILES string of the molecule is O=C(O)c1oc2ccccc2c1Cn1cc([N+](=O)[O-])cn1. The standard InChI is InChI=1S/C13H9N3O5/c17-13(18)12-10(9-3-1-2-4-11(9)21-12)7-15-6-8(5-14-15)16(19)20/h1-6H,7H2,(H,17,18). The molecular formula is C13H9N3O5. The van der Waals surface area contributed by atoms with Gasteiger partial charge >= 0.3 is 11.7 Å². The van der Waals surface area contributed by atoms with Gasteiger partial charge in [-0.05, 0) is 6.07 Å². The molecule has 0 bridgehead atoms. The van der Waals surface area contributed by atoms with Crippen LogP contribution in [0.5, 0.6) is 0 Å². The lowest BCUT2D eigenvalue weighted by atomic mass is 10.1. The van der Waals surface area contributed by atoms with Crippen molar-refractivity contribution in [3.63, 3.8) is 0 Å². The van der Waals surface area contributed by atoms with Crippen molar-refractivity contribution in [2.45, 2.75) is 6.54 Å². The van der Waals surface area contributed by atoms with Crippen LogP contribution in [-0.2, 0) is 6.54 Å². The first-order valence-electron chi connectivity index (χ1n) is 5.97. The Labute approximate surface area is 117 Å². The maximum Gasteiger partial charge on any atom is 0.372 e. The lowest BCUT2D eigenvalue weighted by molar-refractivity contribution is -0.385. The molecule has 0 saturated carbocycles. The Morgan fingerprint density at radius 3 is 2.86 bits per heavy atom. The van der Waals surface area contributed by atoms with E-state index in [1.54, 1.807) is 24.3 Å². The summed E-state index contributed by atoms with van der Waals surface area (Å²) in [6.07, 6.45) is 2.36. The van der Waals surface area contributed by atoms with Gasteiger partial charge in [0.15, 0.2) is 0 Å². The van der Waals surface area contributed by atoms with E-state index < -0.39 is 10.9 Å². The van der Waals surface area contributed by atoms with Gasteiger partial charge in [-0.25, -0.2) is 4.79 Å². The van der Waals surface area contributed by atoms with E-state index in [9.17, 15) is 20.0 Å². The summed E-state index contributed by atoms with van der Waals surface area (Å²) in [7, 11) is 0. The van der Waals surface area contributed by atoms with Crippen molar-refractivity contribution < 1.29 is 19.2 Å². The van der Waals surface area contributed by atoms with Crippen LogP contribution in [0.2, 0.25) is 0 Å². The van der Waals surface area contributed by atoms with Gasteiger partial charge in [0.05, 0.1) is 11.5 Å². The molecule has 2 aromatic heterocycles. The van der Waals surface area contributed by atoms with E-state index in [1.807, 2.05) is 0 Å². The van der Waals surface area contributed by atoms with Crippen LogP contribution in [0, 0.1) is 10.1 Å². The van der Waals surface area contributed by atoms with Crippen molar-refractivity contribution in [2.24, 2.45) is 0 Å². The Bertz CT molecular complexity index is 848. The van der Waals surface area contributed by atoms with Gasteiger partial charge in [0.1, 0.15) is 18.0 Å². The van der Waals surface area contributed by atoms with Crippen LogP contribution in [0.4, 0.5) is 5.69 Å². The molecule has 3 aromatic rings. The molecule has 0 fully saturated rings. The average molecular weight is 287 g/mol. The third kappa shape index (κ3) is 2.22. The number of carboxylic acid groups (broad SMARTS) is 1. The van der Waals surface area contributed by atoms with Crippen LogP contribution in [0.1, 0.15) is 16.1 Å². The molecule has 0 atom stereocenters. The highest BCUT2D eigenvalue weighted by atomic mass is 16.6. The molecular weight excluding hydrogens is 278 g/mol. The minimum atomic E-state index is -1.19. The number of hydrogen-bond donors (Lipinski definition) is 1. The summed E-state index contributed by atoms with van der Waals surface area (Å²) in [5.41, 5.74) is 0.724. The zero-order chi connectivity index (χ0) is 15.0. The molecule has 1 aromatic carbocycles. The summed E-state index contributed by atoms with van der Waals surface area (Å²) in [5.74, 6) is -1.38. The van der Waals surface area contributed by atoms with Crippen LogP contribution in [0.25, 0.3) is 11.0 Å². The monoisotopic (exact) mass is 287 g/mol. The summed E-state index contributed by atoms with van der Waals surface area (Å²) in [6, 6.07) is 6.90. The molecule has 8 nitrogen and oxygen atoms in total. The molecule has 0 aliphatic heterocycles. The molecule has 0 amide bonds. The van der Waals surface area contributed by atoms with Gasteiger partial charge in [-0.1, -0.05) is 18.2 Å². The van der Waals surface area contributed by atoms with Crippen molar-refractivity contribution in [2.75, 3.05) is 0 Å². The Balaban J connectivity index is 2.07. The molecule has 3 rings (SSSR count). The van der Waals surface area contributed by atoms with Crippen LogP contribution in [-0.4, -0.2) is 25.8 Å². The van der Waals surface area contributed by atoms with Crippen LogP contribution >= 0.6 is 0 Å². The molecule has 8 heteroatoms. The van der Waals surface area contributed by atoms with E-state index >= 15 is 0 Å². The highest BCUT2D eigenvalue weighted by molar-refractivity contribution is 5.95. The number of para-hydroxylation sites is 1. The van der Waals surface area contributed by atoms with Gasteiger partial charge in [-0.15, -0.1) is 0 Å². The number of nitrogens with zero attached hydrogens (tertiary/aromatic N) is 3. The Morgan fingerprint density at radius 1 is 1.43 bits per heavy atom. The maximum absolute atomic E-state index is 11.3. The minimum Gasteiger partial charge on any atom is -0.475 e. The maximum atomic E-state index is 11.3. The smallest absolute Gasteiger partial charge is 0.372 e. The highest BCUT2D eigenvalue weighted by Crippen LogP contribution is 2.27. The molecule has 0 aliphatic rings. The predicted molar refractivity (Wildman–Crippen MR) is 71.2 cm³/mol. The first-order valence-corrected chi connectivity index (χ1v) is 5.97. The molecule has 21 heavy (non-hydrogen) atoms. The zero-order valence-electron chi connectivity index (χ0n) is 10.6. The van der Waals surface area contributed by atoms with Gasteiger partial charge in [-0.3, -0.25) is 14.8 Å². The lowest BCUT2D eigenvalue weighted by Crippen LogP contribution is -2.05. The number of benzene rings is 1. The summed E-state index contributed by atoms with van der Waals surface area (Å²) in [5, 5.41) is 24.4. The number of carbonyl (C=O) groups is 1. The van der Waals surface area contributed by atoms with Gasteiger partial charge in [0.2, 0.25) is 5.76 Å². The first kappa shape index (κ1) is 12.9. The molecule has 0 saturated heterocycles. The summed E-state index contributed by atoms with van der Waals surface area (Å²) in [4.78, 5) is 21.3. The number of fused-ring (bicyclic) bond motifs is 1. The number of carboxylic acids is 1.